The number of hydrogen-bond acceptors (Lipinski definition) is 3. The summed E-state index contributed by atoms with van der Waals surface area (Å²) >= 11 is 2.17. The Bertz CT molecular complexity index is 210. The standard InChI is InChI=1S/C7H9IN2S/c1-2-7(9-10-7)5-3-4-6-11-8/h2-3,5H2,1H3. The highest BCUT2D eigenvalue weighted by molar-refractivity contribution is 14.2. The summed E-state index contributed by atoms with van der Waals surface area (Å²) in [5.41, 5.74) is -0.0232. The van der Waals surface area contributed by atoms with Crippen LogP contribution in [0.15, 0.2) is 10.2 Å². The van der Waals surface area contributed by atoms with Gasteiger partial charge in [0.05, 0.1) is 0 Å². The minimum atomic E-state index is -0.0232. The van der Waals surface area contributed by atoms with E-state index >= 15 is 0 Å². The van der Waals surface area contributed by atoms with Gasteiger partial charge in [-0.1, -0.05) is 12.8 Å². The van der Waals surface area contributed by atoms with E-state index in [-0.39, 0.29) is 5.66 Å². The number of hydrogen-bond donors (Lipinski definition) is 0. The third kappa shape index (κ3) is 2.99. The largest absolute Gasteiger partial charge is 0.191 e. The Morgan fingerprint density at radius 3 is 2.73 bits per heavy atom. The van der Waals surface area contributed by atoms with Crippen molar-refractivity contribution in [1.29, 1.82) is 0 Å². The van der Waals surface area contributed by atoms with Crippen LogP contribution in [0.3, 0.4) is 0 Å². The molecule has 0 aromatic rings. The van der Waals surface area contributed by atoms with Gasteiger partial charge < -0.3 is 0 Å². The van der Waals surface area contributed by atoms with E-state index in [9.17, 15) is 0 Å². The fraction of sp³-hybridized carbons (Fsp3) is 0.714. The minimum absolute atomic E-state index is 0.0232. The smallest absolute Gasteiger partial charge is 0.159 e. The topological polar surface area (TPSA) is 24.7 Å². The van der Waals surface area contributed by atoms with Crippen molar-refractivity contribution in [2.45, 2.75) is 31.8 Å². The molecule has 0 aromatic heterocycles. The van der Waals surface area contributed by atoms with E-state index in [1.165, 1.54) is 8.93 Å². The zero-order valence-electron chi connectivity index (χ0n) is 6.30. The van der Waals surface area contributed by atoms with Gasteiger partial charge in [-0.15, -0.1) is 0 Å². The number of halogens is 1. The zero-order chi connectivity index (χ0) is 8.16. The monoisotopic (exact) mass is 280 g/mol. The average molecular weight is 280 g/mol. The molecule has 1 rings (SSSR count). The van der Waals surface area contributed by atoms with E-state index in [1.54, 1.807) is 0 Å². The number of rotatable bonds is 3. The van der Waals surface area contributed by atoms with Gasteiger partial charge in [0.1, 0.15) is 0 Å². The van der Waals surface area contributed by atoms with E-state index in [2.05, 4.69) is 49.5 Å². The van der Waals surface area contributed by atoms with Crippen molar-refractivity contribution in [2.75, 3.05) is 0 Å². The molecule has 1 aliphatic rings. The molecule has 0 saturated heterocycles. The van der Waals surface area contributed by atoms with E-state index in [0.29, 0.717) is 0 Å². The quantitative estimate of drug-likeness (QED) is 0.574. The maximum Gasteiger partial charge on any atom is 0.191 e. The van der Waals surface area contributed by atoms with Crippen molar-refractivity contribution >= 4 is 30.1 Å². The molecule has 0 aliphatic carbocycles. The van der Waals surface area contributed by atoms with Crippen molar-refractivity contribution < 1.29 is 0 Å². The first kappa shape index (κ1) is 9.33. The summed E-state index contributed by atoms with van der Waals surface area (Å²) in [4.78, 5) is 0. The van der Waals surface area contributed by atoms with Crippen LogP contribution < -0.4 is 0 Å². The average Bonchev–Trinajstić information content (AvgIpc) is 2.80. The molecule has 0 radical (unpaired) electrons. The highest BCUT2D eigenvalue weighted by atomic mass is 127. The van der Waals surface area contributed by atoms with Gasteiger partial charge in [0.25, 0.3) is 0 Å². The van der Waals surface area contributed by atoms with Crippen molar-refractivity contribution in [3.05, 3.63) is 0 Å². The molecule has 0 amide bonds. The first-order chi connectivity index (χ1) is 5.33. The second-order valence-corrected chi connectivity index (χ2v) is 4.07. The van der Waals surface area contributed by atoms with Crippen LogP contribution in [0.5, 0.6) is 0 Å². The lowest BCUT2D eigenvalue weighted by molar-refractivity contribution is 0.540. The van der Waals surface area contributed by atoms with Crippen LogP contribution in [-0.2, 0) is 0 Å². The Morgan fingerprint density at radius 1 is 1.55 bits per heavy atom. The van der Waals surface area contributed by atoms with Crippen LogP contribution in [0.4, 0.5) is 0 Å². The van der Waals surface area contributed by atoms with Crippen LogP contribution in [0, 0.1) is 11.2 Å². The van der Waals surface area contributed by atoms with Gasteiger partial charge in [0.15, 0.2) is 5.66 Å². The molecule has 0 saturated carbocycles. The lowest BCUT2D eigenvalue weighted by Gasteiger charge is -2.01. The molecule has 0 unspecified atom stereocenters. The first-order valence-corrected chi connectivity index (χ1v) is 6.88. The van der Waals surface area contributed by atoms with E-state index in [0.717, 1.165) is 19.3 Å². The predicted molar refractivity (Wildman–Crippen MR) is 56.5 cm³/mol. The summed E-state index contributed by atoms with van der Waals surface area (Å²) in [5.74, 6) is 3.05. The van der Waals surface area contributed by atoms with Gasteiger partial charge >= 0.3 is 0 Å². The molecule has 4 heteroatoms. The van der Waals surface area contributed by atoms with Crippen molar-refractivity contribution in [3.8, 4) is 11.2 Å². The summed E-state index contributed by atoms with van der Waals surface area (Å²) in [7, 11) is 1.53. The third-order valence-electron chi connectivity index (χ3n) is 1.71. The fourth-order valence-corrected chi connectivity index (χ4v) is 1.45. The minimum Gasteiger partial charge on any atom is -0.159 e. The summed E-state index contributed by atoms with van der Waals surface area (Å²) in [6, 6.07) is 0. The van der Waals surface area contributed by atoms with Gasteiger partial charge in [-0.25, -0.2) is 0 Å². The van der Waals surface area contributed by atoms with Gasteiger partial charge in [-0.3, -0.25) is 0 Å². The van der Waals surface area contributed by atoms with Gasteiger partial charge in [-0.05, 0) is 20.6 Å². The molecular formula is C7H9IN2S. The molecule has 0 bridgehead atoms. The lowest BCUT2D eigenvalue weighted by atomic mass is 10.1. The Balaban J connectivity index is 2.12. The summed E-state index contributed by atoms with van der Waals surface area (Å²) in [5, 5.41) is 10.9. The molecule has 0 N–H and O–H groups in total. The SMILES string of the molecule is CCC1(CCC#CSI)N=N1. The second-order valence-electron chi connectivity index (χ2n) is 2.39. The molecule has 1 heterocycles. The molecule has 0 fully saturated rings. The van der Waals surface area contributed by atoms with E-state index in [4.69, 9.17) is 0 Å². The fourth-order valence-electron chi connectivity index (χ4n) is 0.830. The van der Waals surface area contributed by atoms with Gasteiger partial charge in [0.2, 0.25) is 0 Å². The van der Waals surface area contributed by atoms with Gasteiger partial charge in [-0.2, -0.15) is 10.2 Å². The van der Waals surface area contributed by atoms with Crippen molar-refractivity contribution in [3.63, 3.8) is 0 Å². The molecule has 0 atom stereocenters. The first-order valence-electron chi connectivity index (χ1n) is 3.52. The van der Waals surface area contributed by atoms with Crippen LogP contribution >= 0.6 is 30.1 Å². The molecular weight excluding hydrogens is 271 g/mol. The molecule has 60 valence electrons. The van der Waals surface area contributed by atoms with Crippen LogP contribution in [0.1, 0.15) is 26.2 Å². The Morgan fingerprint density at radius 2 is 2.27 bits per heavy atom. The Hall–Kier alpha value is 0.240. The van der Waals surface area contributed by atoms with E-state index in [1.807, 2.05) is 0 Å². The van der Waals surface area contributed by atoms with Crippen LogP contribution in [0.25, 0.3) is 0 Å². The summed E-state index contributed by atoms with van der Waals surface area (Å²) in [6.45, 7) is 2.11. The number of nitrogens with zero attached hydrogens (tertiary/aromatic N) is 2. The zero-order valence-corrected chi connectivity index (χ0v) is 9.28. The highest BCUT2D eigenvalue weighted by Gasteiger charge is 2.36. The normalized spacial score (nSPS) is 17.3. The van der Waals surface area contributed by atoms with Crippen LogP contribution in [-0.4, -0.2) is 5.66 Å². The maximum atomic E-state index is 4.00. The Labute approximate surface area is 83.2 Å². The lowest BCUT2D eigenvalue weighted by Crippen LogP contribution is -2.07. The summed E-state index contributed by atoms with van der Waals surface area (Å²) < 4.78 is 0. The van der Waals surface area contributed by atoms with Gasteiger partial charge in [0, 0.05) is 34.0 Å². The molecule has 1 aliphatic heterocycles. The highest BCUT2D eigenvalue weighted by Crippen LogP contribution is 2.35. The third-order valence-corrected chi connectivity index (χ3v) is 2.59. The molecule has 11 heavy (non-hydrogen) atoms. The van der Waals surface area contributed by atoms with Crippen LogP contribution in [0.2, 0.25) is 0 Å². The van der Waals surface area contributed by atoms with Crippen molar-refractivity contribution in [1.82, 2.24) is 0 Å². The maximum absolute atomic E-state index is 4.00. The second kappa shape index (κ2) is 4.31. The summed E-state index contributed by atoms with van der Waals surface area (Å²) in [6.07, 6.45) is 2.93. The van der Waals surface area contributed by atoms with Crippen molar-refractivity contribution in [2.24, 2.45) is 10.2 Å². The Kier molecular flexibility index (Phi) is 3.66. The molecule has 0 spiro atoms. The predicted octanol–water partition coefficient (Wildman–Crippen LogP) is 3.38. The molecule has 0 aromatic carbocycles. The molecule has 2 nitrogen and oxygen atoms in total. The van der Waals surface area contributed by atoms with E-state index < -0.39 is 0 Å².